The number of thiazole rings is 1. The van der Waals surface area contributed by atoms with Gasteiger partial charge in [0.05, 0.1) is 28.0 Å². The fourth-order valence-corrected chi connectivity index (χ4v) is 5.79. The molecule has 0 spiro atoms. The first-order valence-corrected chi connectivity index (χ1v) is 10.5. The molecule has 0 fully saturated rings. The number of sulfonamides is 1. The Morgan fingerprint density at radius 2 is 1.80 bits per heavy atom. The van der Waals surface area contributed by atoms with E-state index in [-0.39, 0.29) is 10.9 Å². The molecule has 0 saturated carbocycles. The van der Waals surface area contributed by atoms with Gasteiger partial charge in [0.15, 0.2) is 0 Å². The lowest BCUT2D eigenvalue weighted by atomic mass is 10.3. The van der Waals surface area contributed by atoms with Crippen LogP contribution in [0.2, 0.25) is 0 Å². The highest BCUT2D eigenvalue weighted by molar-refractivity contribution is 7.89. The lowest BCUT2D eigenvalue weighted by molar-refractivity contribution is 0.398. The molecule has 2 aromatic heterocycles. The summed E-state index contributed by atoms with van der Waals surface area (Å²) >= 11 is 2.52. The summed E-state index contributed by atoms with van der Waals surface area (Å²) < 4.78 is 36.9. The maximum atomic E-state index is 13.1. The Hall–Kier alpha value is -1.94. The number of aromatic nitrogens is 3. The van der Waals surface area contributed by atoms with Crippen molar-refractivity contribution in [3.05, 3.63) is 47.5 Å². The summed E-state index contributed by atoms with van der Waals surface area (Å²) in [4.78, 5) is 4.75. The average molecular weight is 391 g/mol. The first-order valence-electron chi connectivity index (χ1n) is 7.53. The molecule has 0 amide bonds. The molecule has 0 aliphatic rings. The fraction of sp³-hybridized carbons (Fsp3) is 0.188. The topological polar surface area (TPSA) is 76.1 Å². The molecule has 0 aliphatic carbocycles. The first-order chi connectivity index (χ1) is 12.0. The number of fused-ring (bicyclic) bond motifs is 2. The second-order valence-corrected chi connectivity index (χ2v) is 9.16. The van der Waals surface area contributed by atoms with Gasteiger partial charge in [-0.05, 0) is 31.2 Å². The van der Waals surface area contributed by atoms with E-state index in [9.17, 15) is 8.42 Å². The number of hydrogen-bond acceptors (Lipinski definition) is 7. The van der Waals surface area contributed by atoms with E-state index in [1.54, 1.807) is 25.2 Å². The second-order valence-electron chi connectivity index (χ2n) is 5.61. The highest BCUT2D eigenvalue weighted by Crippen LogP contribution is 2.33. The highest BCUT2D eigenvalue weighted by Gasteiger charge is 2.30. The Morgan fingerprint density at radius 1 is 1.04 bits per heavy atom. The van der Waals surface area contributed by atoms with Crippen LogP contribution in [-0.4, -0.2) is 33.5 Å². The molecule has 4 aromatic rings. The van der Waals surface area contributed by atoms with E-state index in [0.29, 0.717) is 11.0 Å². The van der Waals surface area contributed by atoms with E-state index < -0.39 is 10.0 Å². The normalized spacial score (nSPS) is 13.7. The van der Waals surface area contributed by atoms with Crippen molar-refractivity contribution < 1.29 is 8.42 Å². The van der Waals surface area contributed by atoms with Crippen LogP contribution in [0.25, 0.3) is 21.3 Å². The third-order valence-electron chi connectivity index (χ3n) is 4.12. The fourth-order valence-electron chi connectivity index (χ4n) is 2.58. The SMILES string of the molecule is C[C@@H](c1nc2ccccc2s1)N(C)S(=O)(=O)c1cccc2nsnc12. The smallest absolute Gasteiger partial charge is 0.239 e. The van der Waals surface area contributed by atoms with Crippen molar-refractivity contribution in [2.75, 3.05) is 7.05 Å². The molecule has 4 rings (SSSR count). The molecule has 0 bridgehead atoms. The molecule has 25 heavy (non-hydrogen) atoms. The quantitative estimate of drug-likeness (QED) is 0.531. The molecule has 128 valence electrons. The number of rotatable bonds is 4. The van der Waals surface area contributed by atoms with Crippen LogP contribution >= 0.6 is 23.1 Å². The van der Waals surface area contributed by atoms with Gasteiger partial charge in [0.25, 0.3) is 0 Å². The van der Waals surface area contributed by atoms with Crippen molar-refractivity contribution in [3.8, 4) is 0 Å². The lowest BCUT2D eigenvalue weighted by Crippen LogP contribution is -2.30. The minimum atomic E-state index is -3.72. The van der Waals surface area contributed by atoms with Crippen molar-refractivity contribution in [3.63, 3.8) is 0 Å². The van der Waals surface area contributed by atoms with E-state index in [1.165, 1.54) is 15.6 Å². The number of para-hydroxylation sites is 1. The van der Waals surface area contributed by atoms with Crippen LogP contribution < -0.4 is 0 Å². The van der Waals surface area contributed by atoms with Crippen molar-refractivity contribution in [2.45, 2.75) is 17.9 Å². The summed E-state index contributed by atoms with van der Waals surface area (Å²) in [6.45, 7) is 1.84. The van der Waals surface area contributed by atoms with Gasteiger partial charge in [0, 0.05) is 7.05 Å². The van der Waals surface area contributed by atoms with Gasteiger partial charge in [0.1, 0.15) is 20.9 Å². The molecular formula is C16H14N4O2S3. The third kappa shape index (κ3) is 2.73. The Labute approximate surface area is 153 Å². The van der Waals surface area contributed by atoms with E-state index in [4.69, 9.17) is 0 Å². The molecule has 1 atom stereocenters. The Kier molecular flexibility index (Phi) is 4.03. The lowest BCUT2D eigenvalue weighted by Gasteiger charge is -2.22. The standard InChI is InChI=1S/C16H14N4O2S3/c1-10(16-17-11-6-3-4-8-13(11)23-16)20(2)25(21,22)14-9-5-7-12-15(14)19-24-18-12/h3-10H,1-2H3/t10-/m0/s1. The molecule has 2 aromatic carbocycles. The van der Waals surface area contributed by atoms with Gasteiger partial charge in [-0.25, -0.2) is 13.4 Å². The zero-order valence-electron chi connectivity index (χ0n) is 13.4. The van der Waals surface area contributed by atoms with Crippen LogP contribution in [0.4, 0.5) is 0 Å². The maximum Gasteiger partial charge on any atom is 0.245 e. The molecule has 2 heterocycles. The monoisotopic (exact) mass is 390 g/mol. The minimum Gasteiger partial charge on any atom is -0.239 e. The van der Waals surface area contributed by atoms with Crippen molar-refractivity contribution >= 4 is 54.3 Å². The summed E-state index contributed by atoms with van der Waals surface area (Å²) in [5, 5.41) is 0.760. The van der Waals surface area contributed by atoms with Crippen molar-refractivity contribution in [2.24, 2.45) is 0 Å². The summed E-state index contributed by atoms with van der Waals surface area (Å²) in [7, 11) is -2.14. The molecule has 0 saturated heterocycles. The van der Waals surface area contributed by atoms with Crippen LogP contribution in [0.3, 0.4) is 0 Å². The van der Waals surface area contributed by atoms with Gasteiger partial charge in [-0.3, -0.25) is 0 Å². The first kappa shape index (κ1) is 16.5. The predicted molar refractivity (Wildman–Crippen MR) is 100 cm³/mol. The Morgan fingerprint density at radius 3 is 2.60 bits per heavy atom. The highest BCUT2D eigenvalue weighted by atomic mass is 32.2. The van der Waals surface area contributed by atoms with Crippen LogP contribution in [0.1, 0.15) is 18.0 Å². The Bertz CT molecular complexity index is 1130. The largest absolute Gasteiger partial charge is 0.245 e. The minimum absolute atomic E-state index is 0.175. The van der Waals surface area contributed by atoms with Gasteiger partial charge >= 0.3 is 0 Å². The van der Waals surface area contributed by atoms with E-state index in [0.717, 1.165) is 27.0 Å². The molecule has 0 N–H and O–H groups in total. The molecule has 0 aliphatic heterocycles. The summed E-state index contributed by atoms with van der Waals surface area (Å²) in [5.74, 6) is 0. The van der Waals surface area contributed by atoms with Gasteiger partial charge in [-0.15, -0.1) is 11.3 Å². The summed E-state index contributed by atoms with van der Waals surface area (Å²) in [6.07, 6.45) is 0. The van der Waals surface area contributed by atoms with Crippen LogP contribution in [-0.2, 0) is 10.0 Å². The molecule has 9 heteroatoms. The zero-order chi connectivity index (χ0) is 17.6. The van der Waals surface area contributed by atoms with Crippen molar-refractivity contribution in [1.29, 1.82) is 0 Å². The average Bonchev–Trinajstić information content (AvgIpc) is 3.26. The van der Waals surface area contributed by atoms with Crippen LogP contribution in [0.5, 0.6) is 0 Å². The van der Waals surface area contributed by atoms with E-state index in [1.807, 2.05) is 31.2 Å². The summed E-state index contributed by atoms with van der Waals surface area (Å²) in [6, 6.07) is 12.4. The van der Waals surface area contributed by atoms with Crippen LogP contribution in [0.15, 0.2) is 47.4 Å². The van der Waals surface area contributed by atoms with Crippen LogP contribution in [0, 0.1) is 0 Å². The van der Waals surface area contributed by atoms with E-state index in [2.05, 4.69) is 13.7 Å². The molecule has 0 unspecified atom stereocenters. The summed E-state index contributed by atoms with van der Waals surface area (Å²) in [5.41, 5.74) is 1.88. The van der Waals surface area contributed by atoms with Gasteiger partial charge in [-0.1, -0.05) is 18.2 Å². The number of benzene rings is 2. The van der Waals surface area contributed by atoms with Crippen molar-refractivity contribution in [1.82, 2.24) is 18.0 Å². The van der Waals surface area contributed by atoms with Gasteiger partial charge in [-0.2, -0.15) is 13.1 Å². The number of hydrogen-bond donors (Lipinski definition) is 0. The van der Waals surface area contributed by atoms with Gasteiger partial charge < -0.3 is 0 Å². The number of nitrogens with zero attached hydrogens (tertiary/aromatic N) is 4. The zero-order valence-corrected chi connectivity index (χ0v) is 15.9. The second kappa shape index (κ2) is 6.10. The maximum absolute atomic E-state index is 13.1. The Balaban J connectivity index is 1.75. The predicted octanol–water partition coefficient (Wildman–Crippen LogP) is 3.68. The third-order valence-corrected chi connectivity index (χ3v) is 7.83. The molecular weight excluding hydrogens is 376 g/mol. The molecule has 0 radical (unpaired) electrons. The van der Waals surface area contributed by atoms with Gasteiger partial charge in [0.2, 0.25) is 10.0 Å². The molecule has 6 nitrogen and oxygen atoms in total. The van der Waals surface area contributed by atoms with E-state index >= 15 is 0 Å².